The summed E-state index contributed by atoms with van der Waals surface area (Å²) < 4.78 is 17.3. The van der Waals surface area contributed by atoms with Crippen molar-refractivity contribution in [2.75, 3.05) is 6.61 Å². The Hall–Kier alpha value is -2.12. The second kappa shape index (κ2) is 5.20. The molecule has 3 aliphatic heterocycles. The van der Waals surface area contributed by atoms with Crippen LogP contribution in [0, 0.1) is 11.8 Å². The van der Waals surface area contributed by atoms with Crippen LogP contribution in [0.15, 0.2) is 22.7 Å². The highest BCUT2D eigenvalue weighted by Gasteiger charge is 2.71. The van der Waals surface area contributed by atoms with Gasteiger partial charge < -0.3 is 14.0 Å². The van der Waals surface area contributed by atoms with Gasteiger partial charge in [-0.15, -0.1) is 0 Å². The summed E-state index contributed by atoms with van der Waals surface area (Å²) in [7, 11) is 0. The van der Waals surface area contributed by atoms with Crippen molar-refractivity contribution >= 4 is 34.4 Å². The van der Waals surface area contributed by atoms with Crippen LogP contribution in [0.5, 0.6) is 5.88 Å². The summed E-state index contributed by atoms with van der Waals surface area (Å²) in [5, 5.41) is 7.70. The van der Waals surface area contributed by atoms with Crippen molar-refractivity contribution < 1.29 is 23.6 Å². The number of benzene rings is 1. The van der Waals surface area contributed by atoms with Gasteiger partial charge in [-0.3, -0.25) is 14.9 Å². The van der Waals surface area contributed by atoms with Gasteiger partial charge in [-0.2, -0.15) is 0 Å². The molecule has 3 saturated heterocycles. The number of nitrogens with one attached hydrogen (secondary N) is 1. The molecule has 2 aromatic rings. The second-order valence-corrected chi connectivity index (χ2v) is 7.95. The predicted molar refractivity (Wildman–Crippen MR) is 90.7 cm³/mol. The molecule has 3 aliphatic rings. The van der Waals surface area contributed by atoms with Crippen molar-refractivity contribution in [3.63, 3.8) is 0 Å². The molecule has 136 valence electrons. The second-order valence-electron chi connectivity index (χ2n) is 7.52. The minimum Gasteiger partial charge on any atom is -0.475 e. The Kier molecular flexibility index (Phi) is 3.22. The van der Waals surface area contributed by atoms with Gasteiger partial charge in [-0.25, -0.2) is 0 Å². The molecule has 4 unspecified atom stereocenters. The molecule has 8 heteroatoms. The molecule has 2 amide bonds. The summed E-state index contributed by atoms with van der Waals surface area (Å²) in [6.07, 6.45) is 2.01. The van der Waals surface area contributed by atoms with Gasteiger partial charge in [-0.05, 0) is 37.1 Å². The number of imide groups is 1. The first kappa shape index (κ1) is 16.1. The van der Waals surface area contributed by atoms with Gasteiger partial charge >= 0.3 is 0 Å². The molecule has 0 spiro atoms. The maximum Gasteiger partial charge on any atom is 0.262 e. The van der Waals surface area contributed by atoms with Crippen LogP contribution in [-0.4, -0.2) is 34.8 Å². The molecule has 0 aliphatic carbocycles. The van der Waals surface area contributed by atoms with Crippen LogP contribution in [0.2, 0.25) is 5.02 Å². The van der Waals surface area contributed by atoms with E-state index in [1.165, 1.54) is 0 Å². The Labute approximate surface area is 153 Å². The Balaban J connectivity index is 1.35. The van der Waals surface area contributed by atoms with E-state index in [9.17, 15) is 9.59 Å². The summed E-state index contributed by atoms with van der Waals surface area (Å²) in [5.41, 5.74) is -0.673. The lowest BCUT2D eigenvalue weighted by Gasteiger charge is -2.30. The highest BCUT2D eigenvalue weighted by atomic mass is 35.5. The number of hydrogen-bond acceptors (Lipinski definition) is 6. The third kappa shape index (κ3) is 2.07. The lowest BCUT2D eigenvalue weighted by Crippen LogP contribution is -2.42. The van der Waals surface area contributed by atoms with E-state index in [4.69, 9.17) is 25.6 Å². The molecule has 26 heavy (non-hydrogen) atoms. The van der Waals surface area contributed by atoms with Crippen molar-refractivity contribution in [2.24, 2.45) is 11.8 Å². The Morgan fingerprint density at radius 2 is 2.12 bits per heavy atom. The third-order valence-corrected chi connectivity index (χ3v) is 6.25. The number of hydrogen-bond donors (Lipinski definition) is 1. The zero-order valence-corrected chi connectivity index (χ0v) is 14.8. The molecular weight excluding hydrogens is 360 g/mol. The molecule has 0 radical (unpaired) electrons. The quantitative estimate of drug-likeness (QED) is 0.824. The molecule has 1 aromatic carbocycles. The van der Waals surface area contributed by atoms with Gasteiger partial charge in [0.15, 0.2) is 5.58 Å². The summed E-state index contributed by atoms with van der Waals surface area (Å²) in [6, 6.07) is 5.21. The Morgan fingerprint density at radius 3 is 2.96 bits per heavy atom. The zero-order valence-electron chi connectivity index (χ0n) is 14.1. The van der Waals surface area contributed by atoms with E-state index in [0.717, 1.165) is 18.2 Å². The first-order chi connectivity index (χ1) is 12.4. The zero-order chi connectivity index (χ0) is 18.1. The molecule has 4 atom stereocenters. The van der Waals surface area contributed by atoms with Crippen LogP contribution in [0.1, 0.15) is 26.2 Å². The lowest BCUT2D eigenvalue weighted by molar-refractivity contribution is -0.134. The SMILES string of the molecule is CC12CCC(CCOc3noc4cc(Cl)ccc34)(O1)C1C(=O)NC(=O)C12. The van der Waals surface area contributed by atoms with E-state index in [2.05, 4.69) is 10.5 Å². The number of carbonyl (C=O) groups is 2. The molecule has 5 rings (SSSR count). The summed E-state index contributed by atoms with van der Waals surface area (Å²) >= 11 is 5.94. The molecule has 3 fully saturated rings. The van der Waals surface area contributed by atoms with Crippen LogP contribution in [0.25, 0.3) is 11.0 Å². The Bertz CT molecular complexity index is 943. The summed E-state index contributed by atoms with van der Waals surface area (Å²) in [6.45, 7) is 2.23. The van der Waals surface area contributed by atoms with Crippen molar-refractivity contribution in [1.29, 1.82) is 0 Å². The van der Waals surface area contributed by atoms with E-state index in [-0.39, 0.29) is 11.8 Å². The summed E-state index contributed by atoms with van der Waals surface area (Å²) in [5.74, 6) is -0.909. The third-order valence-electron chi connectivity index (χ3n) is 6.02. The van der Waals surface area contributed by atoms with Crippen molar-refractivity contribution in [3.05, 3.63) is 23.2 Å². The van der Waals surface area contributed by atoms with Gasteiger partial charge in [0.2, 0.25) is 11.8 Å². The van der Waals surface area contributed by atoms with E-state index >= 15 is 0 Å². The fourth-order valence-corrected chi connectivity index (χ4v) is 5.02. The highest BCUT2D eigenvalue weighted by Crippen LogP contribution is 2.60. The number of ether oxygens (including phenoxy) is 2. The Morgan fingerprint density at radius 1 is 1.31 bits per heavy atom. The number of rotatable bonds is 4. The molecule has 2 bridgehead atoms. The molecule has 1 N–H and O–H groups in total. The first-order valence-electron chi connectivity index (χ1n) is 8.65. The largest absolute Gasteiger partial charge is 0.475 e. The van der Waals surface area contributed by atoms with Gasteiger partial charge in [0.1, 0.15) is 0 Å². The number of aromatic nitrogens is 1. The minimum absolute atomic E-state index is 0.218. The van der Waals surface area contributed by atoms with Crippen molar-refractivity contribution in [1.82, 2.24) is 10.5 Å². The number of halogens is 1. The predicted octanol–water partition coefficient (Wildman–Crippen LogP) is 2.46. The maximum absolute atomic E-state index is 12.3. The number of fused-ring (bicyclic) bond motifs is 6. The number of nitrogens with zero attached hydrogens (tertiary/aromatic N) is 1. The van der Waals surface area contributed by atoms with Gasteiger partial charge in [0.25, 0.3) is 5.88 Å². The fraction of sp³-hybridized carbons (Fsp3) is 0.500. The topological polar surface area (TPSA) is 90.7 Å². The highest BCUT2D eigenvalue weighted by molar-refractivity contribution is 6.31. The van der Waals surface area contributed by atoms with Crippen LogP contribution >= 0.6 is 11.6 Å². The van der Waals surface area contributed by atoms with Crippen molar-refractivity contribution in [3.8, 4) is 5.88 Å². The fourth-order valence-electron chi connectivity index (χ4n) is 4.86. The minimum atomic E-state index is -0.654. The average Bonchev–Trinajstić information content (AvgIpc) is 3.28. The van der Waals surface area contributed by atoms with Crippen LogP contribution < -0.4 is 10.1 Å². The van der Waals surface area contributed by atoms with Gasteiger partial charge in [0, 0.05) is 17.5 Å². The van der Waals surface area contributed by atoms with E-state index < -0.39 is 23.0 Å². The summed E-state index contributed by atoms with van der Waals surface area (Å²) in [4.78, 5) is 24.5. The van der Waals surface area contributed by atoms with Crippen molar-refractivity contribution in [2.45, 2.75) is 37.4 Å². The smallest absolute Gasteiger partial charge is 0.262 e. The standard InChI is InChI=1S/C18H17ClN2O5/c1-17-4-5-18(26-17,13-12(17)14(22)20-15(13)23)6-7-24-16-10-3-2-9(19)8-11(10)25-21-16/h2-3,8,12-13H,4-7H2,1H3,(H,20,22,23). The average molecular weight is 377 g/mol. The van der Waals surface area contributed by atoms with E-state index in [1.54, 1.807) is 18.2 Å². The van der Waals surface area contributed by atoms with Crippen LogP contribution in [0.4, 0.5) is 0 Å². The first-order valence-corrected chi connectivity index (χ1v) is 9.02. The van der Waals surface area contributed by atoms with Gasteiger partial charge in [-0.1, -0.05) is 11.6 Å². The molecular formula is C18H17ClN2O5. The van der Waals surface area contributed by atoms with Crippen LogP contribution in [0.3, 0.4) is 0 Å². The molecule has 7 nitrogen and oxygen atoms in total. The van der Waals surface area contributed by atoms with E-state index in [1.807, 2.05) is 6.92 Å². The normalized spacial score (nSPS) is 35.2. The molecule has 4 heterocycles. The van der Waals surface area contributed by atoms with Gasteiger partial charge in [0.05, 0.1) is 35.0 Å². The lowest BCUT2D eigenvalue weighted by atomic mass is 9.67. The molecule has 0 saturated carbocycles. The maximum atomic E-state index is 12.3. The van der Waals surface area contributed by atoms with Crippen LogP contribution in [-0.2, 0) is 14.3 Å². The monoisotopic (exact) mass is 376 g/mol. The number of carbonyl (C=O) groups excluding carboxylic acids is 2. The molecule has 1 aromatic heterocycles. The van der Waals surface area contributed by atoms with E-state index in [0.29, 0.717) is 29.5 Å². The number of amides is 2.